The van der Waals surface area contributed by atoms with Crippen molar-refractivity contribution in [1.82, 2.24) is 14.9 Å². The van der Waals surface area contributed by atoms with Crippen molar-refractivity contribution >= 4 is 28.3 Å². The minimum atomic E-state index is 0.449. The molecule has 2 saturated heterocycles. The highest BCUT2D eigenvalue weighted by molar-refractivity contribution is 6.30. The highest BCUT2D eigenvalue weighted by atomic mass is 35.5. The monoisotopic (exact) mass is 355 g/mol. The van der Waals surface area contributed by atoms with Gasteiger partial charge in [-0.3, -0.25) is 9.88 Å². The van der Waals surface area contributed by atoms with Gasteiger partial charge in [0.15, 0.2) is 0 Å². The maximum absolute atomic E-state index is 8.89. The Morgan fingerprint density at radius 1 is 1.36 bits per heavy atom. The number of piperidine rings is 1. The number of aromatic nitrogens is 2. The molecule has 25 heavy (non-hydrogen) atoms. The van der Waals surface area contributed by atoms with Gasteiger partial charge in [-0.25, -0.2) is 4.98 Å². The Balaban J connectivity index is 1.59. The maximum atomic E-state index is 8.89. The van der Waals surface area contributed by atoms with E-state index < -0.39 is 0 Å². The third-order valence-corrected chi connectivity index (χ3v) is 5.96. The second-order valence-corrected chi connectivity index (χ2v) is 7.49. The van der Waals surface area contributed by atoms with Gasteiger partial charge in [0.1, 0.15) is 11.0 Å². The fourth-order valence-electron chi connectivity index (χ4n) is 4.58. The van der Waals surface area contributed by atoms with Gasteiger partial charge in [-0.05, 0) is 37.8 Å². The molecule has 2 aliphatic rings. The molecule has 0 aliphatic carbocycles. The minimum Gasteiger partial charge on any atom is -0.356 e. The zero-order valence-electron chi connectivity index (χ0n) is 14.4. The van der Waals surface area contributed by atoms with Crippen molar-refractivity contribution in [3.8, 4) is 6.07 Å². The number of fused-ring (bicyclic) bond motifs is 3. The van der Waals surface area contributed by atoms with Gasteiger partial charge in [0.05, 0.1) is 11.6 Å². The Morgan fingerprint density at radius 2 is 2.12 bits per heavy atom. The molecule has 0 spiro atoms. The number of hydrogen-bond acceptors (Lipinski definition) is 5. The molecular weight excluding hydrogens is 334 g/mol. The van der Waals surface area contributed by atoms with Crippen molar-refractivity contribution < 1.29 is 0 Å². The van der Waals surface area contributed by atoms with Crippen molar-refractivity contribution in [2.75, 3.05) is 18.5 Å². The zero-order valence-corrected chi connectivity index (χ0v) is 15.2. The van der Waals surface area contributed by atoms with Crippen LogP contribution in [0.1, 0.15) is 32.1 Å². The molecule has 2 aromatic heterocycles. The van der Waals surface area contributed by atoms with Gasteiger partial charge in [-0.1, -0.05) is 11.6 Å². The average Bonchev–Trinajstić information content (AvgIpc) is 2.85. The summed E-state index contributed by atoms with van der Waals surface area (Å²) in [5, 5.41) is 10.4. The van der Waals surface area contributed by atoms with Crippen LogP contribution in [0.5, 0.6) is 0 Å². The van der Waals surface area contributed by atoms with Gasteiger partial charge < -0.3 is 4.90 Å². The van der Waals surface area contributed by atoms with Crippen LogP contribution in [0.3, 0.4) is 0 Å². The first-order chi connectivity index (χ1) is 12.2. The Kier molecular flexibility index (Phi) is 4.49. The van der Waals surface area contributed by atoms with Crippen molar-refractivity contribution in [3.05, 3.63) is 29.5 Å². The van der Waals surface area contributed by atoms with Crippen molar-refractivity contribution in [2.24, 2.45) is 0 Å². The van der Waals surface area contributed by atoms with Crippen molar-refractivity contribution in [3.63, 3.8) is 0 Å². The van der Waals surface area contributed by atoms with Gasteiger partial charge in [0.2, 0.25) is 0 Å². The third-order valence-electron chi connectivity index (χ3n) is 5.77. The molecule has 2 fully saturated rings. The van der Waals surface area contributed by atoms with Gasteiger partial charge in [-0.15, -0.1) is 0 Å². The number of nitriles is 1. The van der Waals surface area contributed by atoms with E-state index in [0.29, 0.717) is 29.7 Å². The molecule has 0 saturated carbocycles. The van der Waals surface area contributed by atoms with Gasteiger partial charge in [-0.2, -0.15) is 5.26 Å². The quantitative estimate of drug-likeness (QED) is 0.784. The molecule has 2 aliphatic heterocycles. The Bertz CT molecular complexity index is 803. The topological polar surface area (TPSA) is 56.1 Å². The van der Waals surface area contributed by atoms with E-state index in [1.807, 2.05) is 12.1 Å². The van der Waals surface area contributed by atoms with Gasteiger partial charge in [0.25, 0.3) is 0 Å². The Hall–Kier alpha value is -1.90. The van der Waals surface area contributed by atoms with Crippen molar-refractivity contribution in [1.29, 1.82) is 5.26 Å². The Morgan fingerprint density at radius 3 is 2.84 bits per heavy atom. The summed E-state index contributed by atoms with van der Waals surface area (Å²) >= 11 is 6.24. The fraction of sp³-hybridized carbons (Fsp3) is 0.526. The predicted molar refractivity (Wildman–Crippen MR) is 99.7 cm³/mol. The highest BCUT2D eigenvalue weighted by Gasteiger charge is 2.41. The summed E-state index contributed by atoms with van der Waals surface area (Å²) in [6.45, 7) is 0.907. The first-order valence-electron chi connectivity index (χ1n) is 8.94. The SMILES string of the molecule is CN(c1nc(Cl)cc2ncccc12)C1CC2CCC(C1)N2CCC#N. The van der Waals surface area contributed by atoms with E-state index in [0.717, 1.165) is 36.1 Å². The molecule has 2 atom stereocenters. The zero-order chi connectivity index (χ0) is 17.4. The molecule has 0 radical (unpaired) electrons. The lowest BCUT2D eigenvalue weighted by Gasteiger charge is -2.42. The molecule has 4 rings (SSSR count). The highest BCUT2D eigenvalue weighted by Crippen LogP contribution is 2.39. The molecule has 0 N–H and O–H groups in total. The van der Waals surface area contributed by atoms with E-state index in [1.54, 1.807) is 6.20 Å². The van der Waals surface area contributed by atoms with Crippen LogP contribution in [0, 0.1) is 11.3 Å². The molecule has 0 aromatic carbocycles. The normalized spacial score (nSPS) is 25.9. The van der Waals surface area contributed by atoms with E-state index >= 15 is 0 Å². The summed E-state index contributed by atoms with van der Waals surface area (Å²) in [5.74, 6) is 0.922. The van der Waals surface area contributed by atoms with E-state index in [2.05, 4.69) is 39.0 Å². The summed E-state index contributed by atoms with van der Waals surface area (Å²) in [6.07, 6.45) is 7.14. The largest absolute Gasteiger partial charge is 0.356 e. The number of nitrogens with zero attached hydrogens (tertiary/aromatic N) is 5. The van der Waals surface area contributed by atoms with Crippen LogP contribution in [-0.4, -0.2) is 46.6 Å². The van der Waals surface area contributed by atoms with E-state index in [4.69, 9.17) is 16.9 Å². The van der Waals surface area contributed by atoms with E-state index in [9.17, 15) is 0 Å². The number of halogens is 1. The Labute approximate surface area is 153 Å². The second kappa shape index (κ2) is 6.78. The van der Waals surface area contributed by atoms with Crippen LogP contribution in [0.4, 0.5) is 5.82 Å². The smallest absolute Gasteiger partial charge is 0.139 e. The predicted octanol–water partition coefficient (Wildman–Crippen LogP) is 3.63. The van der Waals surface area contributed by atoms with Crippen LogP contribution in [0.2, 0.25) is 5.15 Å². The van der Waals surface area contributed by atoms with Crippen LogP contribution in [0.25, 0.3) is 10.9 Å². The van der Waals surface area contributed by atoms with Crippen molar-refractivity contribution in [2.45, 2.75) is 50.2 Å². The molecule has 2 unspecified atom stereocenters. The summed E-state index contributed by atoms with van der Waals surface area (Å²) in [6, 6.07) is 9.74. The first kappa shape index (κ1) is 16.6. The lowest BCUT2D eigenvalue weighted by Crippen LogP contribution is -2.50. The van der Waals surface area contributed by atoms with Crippen LogP contribution < -0.4 is 4.90 Å². The second-order valence-electron chi connectivity index (χ2n) is 7.11. The van der Waals surface area contributed by atoms with E-state index in [-0.39, 0.29) is 0 Å². The number of pyridine rings is 2. The molecule has 6 heteroatoms. The average molecular weight is 356 g/mol. The number of anilines is 1. The molecule has 2 aromatic rings. The summed E-state index contributed by atoms with van der Waals surface area (Å²) in [4.78, 5) is 13.9. The summed E-state index contributed by atoms with van der Waals surface area (Å²) in [5.41, 5.74) is 0.888. The van der Waals surface area contributed by atoms with E-state index in [1.165, 1.54) is 12.8 Å². The standard InChI is InChI=1S/C19H22ClN5/c1-24(19-16-4-2-8-22-17(16)12-18(20)23-19)15-10-13-5-6-14(11-15)25(13)9-3-7-21/h2,4,8,12-15H,3,5-6,9-11H2,1H3. The molecule has 130 valence electrons. The molecular formula is C19H22ClN5. The van der Waals surface area contributed by atoms with Gasteiger partial charge >= 0.3 is 0 Å². The summed E-state index contributed by atoms with van der Waals surface area (Å²) in [7, 11) is 2.13. The lowest BCUT2D eigenvalue weighted by atomic mass is 9.95. The third kappa shape index (κ3) is 3.05. The summed E-state index contributed by atoms with van der Waals surface area (Å²) < 4.78 is 0. The van der Waals surface area contributed by atoms with Crippen LogP contribution in [0.15, 0.2) is 24.4 Å². The van der Waals surface area contributed by atoms with Gasteiger partial charge in [0, 0.05) is 55.8 Å². The van der Waals surface area contributed by atoms with Crippen LogP contribution >= 0.6 is 11.6 Å². The maximum Gasteiger partial charge on any atom is 0.139 e. The number of hydrogen-bond donors (Lipinski definition) is 0. The fourth-order valence-corrected chi connectivity index (χ4v) is 4.76. The molecule has 2 bridgehead atoms. The number of rotatable bonds is 4. The minimum absolute atomic E-state index is 0.449. The molecule has 5 nitrogen and oxygen atoms in total. The van der Waals surface area contributed by atoms with Crippen LogP contribution in [-0.2, 0) is 0 Å². The molecule has 0 amide bonds. The first-order valence-corrected chi connectivity index (χ1v) is 9.32. The molecule has 4 heterocycles. The lowest BCUT2D eigenvalue weighted by molar-refractivity contribution is 0.129.